The van der Waals surface area contributed by atoms with Crippen molar-refractivity contribution in [2.24, 2.45) is 13.0 Å². The molecule has 1 aliphatic heterocycles. The standard InChI is InChI=1S/C29H33N4O4P/c1-32-29(34)27-20-30-28(18-26(27)19-31-32)33-15-12-23(13-16-33)14-17-38(35,36-21-24-8-4-2-5-9-24)37-22-25-10-6-3-7-11-25/h2-11,18-20,23H,12-17,21-22H2,1H3. The van der Waals surface area contributed by atoms with E-state index in [9.17, 15) is 9.36 Å². The molecule has 0 saturated carbocycles. The third-order valence-electron chi connectivity index (χ3n) is 7.11. The maximum atomic E-state index is 13.8. The van der Waals surface area contributed by atoms with Crippen molar-refractivity contribution in [2.75, 3.05) is 24.2 Å². The minimum absolute atomic E-state index is 0.145. The van der Waals surface area contributed by atoms with Crippen LogP contribution in [0.25, 0.3) is 10.8 Å². The van der Waals surface area contributed by atoms with Gasteiger partial charge in [0.2, 0.25) is 0 Å². The molecule has 0 radical (unpaired) electrons. The highest BCUT2D eigenvalue weighted by Crippen LogP contribution is 2.51. The number of anilines is 1. The van der Waals surface area contributed by atoms with E-state index in [0.717, 1.165) is 54.7 Å². The molecule has 1 aliphatic rings. The number of piperidine rings is 1. The van der Waals surface area contributed by atoms with Crippen molar-refractivity contribution >= 4 is 24.2 Å². The van der Waals surface area contributed by atoms with E-state index in [-0.39, 0.29) is 18.8 Å². The summed E-state index contributed by atoms with van der Waals surface area (Å²) in [5, 5.41) is 5.50. The van der Waals surface area contributed by atoms with Gasteiger partial charge in [0.1, 0.15) is 5.82 Å². The Kier molecular flexibility index (Phi) is 8.32. The lowest BCUT2D eigenvalue weighted by Gasteiger charge is -2.33. The molecule has 198 valence electrons. The highest BCUT2D eigenvalue weighted by Gasteiger charge is 2.28. The van der Waals surface area contributed by atoms with Gasteiger partial charge in [0.25, 0.3) is 5.56 Å². The molecule has 0 N–H and O–H groups in total. The molecule has 0 amide bonds. The maximum absolute atomic E-state index is 13.8. The average molecular weight is 533 g/mol. The Labute approximate surface area is 222 Å². The van der Waals surface area contributed by atoms with E-state index in [2.05, 4.69) is 15.0 Å². The van der Waals surface area contributed by atoms with E-state index < -0.39 is 7.60 Å². The monoisotopic (exact) mass is 532 g/mol. The lowest BCUT2D eigenvalue weighted by Crippen LogP contribution is -2.34. The molecule has 2 aromatic heterocycles. The van der Waals surface area contributed by atoms with Crippen molar-refractivity contribution < 1.29 is 13.6 Å². The van der Waals surface area contributed by atoms with E-state index >= 15 is 0 Å². The Morgan fingerprint density at radius 2 is 1.53 bits per heavy atom. The van der Waals surface area contributed by atoms with Gasteiger partial charge in [-0.15, -0.1) is 0 Å². The number of benzene rings is 2. The first-order chi connectivity index (χ1) is 18.5. The van der Waals surface area contributed by atoms with E-state index in [1.54, 1.807) is 19.4 Å². The SMILES string of the molecule is Cn1ncc2cc(N3CCC(CCP(=O)(OCc4ccccc4)OCc4ccccc4)CC3)ncc2c1=O. The zero-order chi connectivity index (χ0) is 26.4. The van der Waals surface area contributed by atoms with Gasteiger partial charge in [-0.3, -0.25) is 9.36 Å². The quantitative estimate of drug-likeness (QED) is 0.247. The fourth-order valence-electron chi connectivity index (χ4n) is 4.75. The Balaban J connectivity index is 1.19. The van der Waals surface area contributed by atoms with Crippen molar-refractivity contribution in [3.8, 4) is 0 Å². The lowest BCUT2D eigenvalue weighted by molar-refractivity contribution is 0.188. The molecule has 0 unspecified atom stereocenters. The number of aromatic nitrogens is 3. The van der Waals surface area contributed by atoms with Crippen LogP contribution < -0.4 is 10.5 Å². The number of nitrogens with zero attached hydrogens (tertiary/aromatic N) is 4. The summed E-state index contributed by atoms with van der Waals surface area (Å²) < 4.78 is 27.0. The molecule has 3 heterocycles. The first kappa shape index (κ1) is 26.3. The van der Waals surface area contributed by atoms with Crippen LogP contribution in [0.15, 0.2) is 83.9 Å². The van der Waals surface area contributed by atoms with E-state index in [0.29, 0.717) is 17.5 Å². The number of hydrogen-bond acceptors (Lipinski definition) is 7. The highest BCUT2D eigenvalue weighted by atomic mass is 31.2. The van der Waals surface area contributed by atoms with Crippen LogP contribution in [0.3, 0.4) is 0 Å². The molecule has 9 heteroatoms. The average Bonchev–Trinajstić information content (AvgIpc) is 2.97. The van der Waals surface area contributed by atoms with Gasteiger partial charge in [-0.2, -0.15) is 5.10 Å². The summed E-state index contributed by atoms with van der Waals surface area (Å²) in [6, 6.07) is 21.5. The summed E-state index contributed by atoms with van der Waals surface area (Å²) in [7, 11) is -1.65. The molecular formula is C29H33N4O4P. The molecule has 4 aromatic rings. The van der Waals surface area contributed by atoms with E-state index in [1.807, 2.05) is 66.7 Å². The van der Waals surface area contributed by atoms with Gasteiger partial charge in [-0.1, -0.05) is 60.7 Å². The fourth-order valence-corrected chi connectivity index (χ4v) is 6.45. The molecule has 1 saturated heterocycles. The summed E-state index contributed by atoms with van der Waals surface area (Å²) in [5.74, 6) is 1.28. The van der Waals surface area contributed by atoms with Crippen molar-refractivity contribution in [2.45, 2.75) is 32.5 Å². The highest BCUT2D eigenvalue weighted by molar-refractivity contribution is 7.53. The second kappa shape index (κ2) is 12.0. The second-order valence-electron chi connectivity index (χ2n) is 9.77. The van der Waals surface area contributed by atoms with Crippen LogP contribution in [0.4, 0.5) is 5.82 Å². The van der Waals surface area contributed by atoms with Crippen LogP contribution >= 0.6 is 7.60 Å². The molecule has 0 atom stereocenters. The Morgan fingerprint density at radius 1 is 0.921 bits per heavy atom. The van der Waals surface area contributed by atoms with Crippen molar-refractivity contribution in [3.05, 3.63) is 101 Å². The van der Waals surface area contributed by atoms with Gasteiger partial charge in [0, 0.05) is 31.7 Å². The molecule has 38 heavy (non-hydrogen) atoms. The normalized spacial score (nSPS) is 14.7. The van der Waals surface area contributed by atoms with E-state index in [4.69, 9.17) is 9.05 Å². The maximum Gasteiger partial charge on any atom is 0.331 e. The summed E-state index contributed by atoms with van der Waals surface area (Å²) in [5.41, 5.74) is 1.80. The predicted octanol–water partition coefficient (Wildman–Crippen LogP) is 5.56. The Morgan fingerprint density at radius 3 is 2.13 bits per heavy atom. The van der Waals surface area contributed by atoms with Crippen molar-refractivity contribution in [3.63, 3.8) is 0 Å². The van der Waals surface area contributed by atoms with Crippen LogP contribution in [0.1, 0.15) is 30.4 Å². The smallest absolute Gasteiger partial charge is 0.331 e. The first-order valence-electron chi connectivity index (χ1n) is 13.0. The molecule has 1 fully saturated rings. The topological polar surface area (TPSA) is 86.6 Å². The van der Waals surface area contributed by atoms with Gasteiger partial charge in [-0.25, -0.2) is 9.67 Å². The fraction of sp³-hybridized carbons (Fsp3) is 0.345. The number of hydrogen-bond donors (Lipinski definition) is 0. The van der Waals surface area contributed by atoms with Gasteiger partial charge in [0.05, 0.1) is 31.0 Å². The van der Waals surface area contributed by atoms with Gasteiger partial charge in [0.15, 0.2) is 0 Å². The molecular weight excluding hydrogens is 499 g/mol. The third-order valence-corrected chi connectivity index (χ3v) is 8.96. The summed E-state index contributed by atoms with van der Waals surface area (Å²) in [4.78, 5) is 19.1. The molecule has 2 aromatic carbocycles. The zero-order valence-electron chi connectivity index (χ0n) is 21.6. The lowest BCUT2D eigenvalue weighted by atomic mass is 9.94. The predicted molar refractivity (Wildman–Crippen MR) is 149 cm³/mol. The largest absolute Gasteiger partial charge is 0.357 e. The van der Waals surface area contributed by atoms with E-state index in [1.165, 1.54) is 4.68 Å². The summed E-state index contributed by atoms with van der Waals surface area (Å²) in [6.07, 6.45) is 6.44. The van der Waals surface area contributed by atoms with Crippen LogP contribution in [0, 0.1) is 5.92 Å². The van der Waals surface area contributed by atoms with Gasteiger partial charge in [-0.05, 0) is 42.4 Å². The van der Waals surface area contributed by atoms with Crippen LogP contribution in [-0.4, -0.2) is 34.0 Å². The molecule has 0 spiro atoms. The van der Waals surface area contributed by atoms with Crippen LogP contribution in [-0.2, 0) is 33.9 Å². The number of aryl methyl sites for hydroxylation is 1. The van der Waals surface area contributed by atoms with Crippen molar-refractivity contribution in [1.29, 1.82) is 0 Å². The zero-order valence-corrected chi connectivity index (χ0v) is 22.5. The van der Waals surface area contributed by atoms with Crippen LogP contribution in [0.2, 0.25) is 0 Å². The Hall–Kier alpha value is -3.32. The molecule has 0 aliphatic carbocycles. The van der Waals surface area contributed by atoms with Gasteiger partial charge >= 0.3 is 7.60 Å². The second-order valence-corrected chi connectivity index (χ2v) is 12.0. The minimum Gasteiger partial charge on any atom is -0.357 e. The minimum atomic E-state index is -3.29. The first-order valence-corrected chi connectivity index (χ1v) is 14.7. The van der Waals surface area contributed by atoms with Crippen molar-refractivity contribution in [1.82, 2.24) is 14.8 Å². The number of rotatable bonds is 10. The molecule has 0 bridgehead atoms. The number of fused-ring (bicyclic) bond motifs is 1. The van der Waals surface area contributed by atoms with Gasteiger partial charge < -0.3 is 13.9 Å². The summed E-state index contributed by atoms with van der Waals surface area (Å²) in [6.45, 7) is 2.22. The van der Waals surface area contributed by atoms with Crippen LogP contribution in [0.5, 0.6) is 0 Å². The molecule has 8 nitrogen and oxygen atoms in total. The summed E-state index contributed by atoms with van der Waals surface area (Å²) >= 11 is 0. The third kappa shape index (κ3) is 6.57. The molecule has 5 rings (SSSR count). The Bertz CT molecular complexity index is 1410. The number of pyridine rings is 1.